The molecule has 0 aromatic rings. The first-order valence-corrected chi connectivity index (χ1v) is 7.58. The number of carbonyl (C=O) groups excluding carboxylic acids is 1. The Kier molecular flexibility index (Phi) is 6.27. The first-order chi connectivity index (χ1) is 9.29. The summed E-state index contributed by atoms with van der Waals surface area (Å²) in [4.78, 5) is 11.7. The van der Waals surface area contributed by atoms with Crippen LogP contribution in [-0.2, 0) is 4.74 Å². The maximum Gasteiger partial charge on any atom is 0.314 e. The van der Waals surface area contributed by atoms with E-state index in [1.807, 2.05) is 0 Å². The number of ether oxygens (including phenoxy) is 1. The Bertz CT molecular complexity index is 307. The molecule has 0 aromatic carbocycles. The third-order valence-electron chi connectivity index (χ3n) is 4.16. The van der Waals surface area contributed by atoms with E-state index in [1.54, 1.807) is 14.0 Å². The number of aliphatic hydroxyl groups is 1. The fraction of sp³-hybridized carbons (Fsp3) is 0.933. The number of hydrogen-bond acceptors (Lipinski definition) is 3. The summed E-state index contributed by atoms with van der Waals surface area (Å²) in [6.45, 7) is 6.81. The van der Waals surface area contributed by atoms with Crippen LogP contribution in [0.1, 0.15) is 52.9 Å². The van der Waals surface area contributed by atoms with E-state index in [1.165, 1.54) is 0 Å². The lowest BCUT2D eigenvalue weighted by Gasteiger charge is -2.40. The molecule has 3 N–H and O–H groups in total. The topological polar surface area (TPSA) is 70.6 Å². The maximum absolute atomic E-state index is 11.7. The van der Waals surface area contributed by atoms with Gasteiger partial charge in [0.05, 0.1) is 11.2 Å². The van der Waals surface area contributed by atoms with E-state index in [0.717, 1.165) is 25.7 Å². The molecule has 0 aliphatic heterocycles. The van der Waals surface area contributed by atoms with Crippen LogP contribution in [0, 0.1) is 5.92 Å². The Morgan fingerprint density at radius 3 is 2.50 bits per heavy atom. The van der Waals surface area contributed by atoms with Gasteiger partial charge in [-0.2, -0.15) is 0 Å². The van der Waals surface area contributed by atoms with Crippen molar-refractivity contribution in [1.82, 2.24) is 10.6 Å². The lowest BCUT2D eigenvalue weighted by atomic mass is 9.80. The molecule has 0 bridgehead atoms. The van der Waals surface area contributed by atoms with Gasteiger partial charge in [-0.3, -0.25) is 0 Å². The molecule has 1 aliphatic carbocycles. The number of methoxy groups -OCH3 is 1. The van der Waals surface area contributed by atoms with Crippen molar-refractivity contribution < 1.29 is 14.6 Å². The summed E-state index contributed by atoms with van der Waals surface area (Å²) >= 11 is 0. The van der Waals surface area contributed by atoms with Gasteiger partial charge in [0, 0.05) is 20.2 Å². The number of nitrogens with one attached hydrogen (secondary N) is 2. The Labute approximate surface area is 122 Å². The highest BCUT2D eigenvalue weighted by Gasteiger charge is 2.37. The zero-order valence-electron chi connectivity index (χ0n) is 13.3. The van der Waals surface area contributed by atoms with E-state index in [0.29, 0.717) is 18.9 Å². The molecule has 5 heteroatoms. The van der Waals surface area contributed by atoms with Gasteiger partial charge in [0.1, 0.15) is 0 Å². The number of hydrogen-bond donors (Lipinski definition) is 3. The van der Waals surface area contributed by atoms with Crippen molar-refractivity contribution in [3.05, 3.63) is 0 Å². The molecule has 1 unspecified atom stereocenters. The van der Waals surface area contributed by atoms with Gasteiger partial charge in [-0.25, -0.2) is 4.79 Å². The number of carbonyl (C=O) groups is 1. The van der Waals surface area contributed by atoms with Crippen LogP contribution in [0.4, 0.5) is 4.79 Å². The average Bonchev–Trinajstić information content (AvgIpc) is 2.33. The molecule has 1 rings (SSSR count). The van der Waals surface area contributed by atoms with Crippen molar-refractivity contribution in [2.45, 2.75) is 64.1 Å². The predicted molar refractivity (Wildman–Crippen MR) is 79.7 cm³/mol. The average molecular weight is 286 g/mol. The van der Waals surface area contributed by atoms with E-state index in [9.17, 15) is 9.90 Å². The molecule has 118 valence electrons. The quantitative estimate of drug-likeness (QED) is 0.639. The van der Waals surface area contributed by atoms with Crippen LogP contribution < -0.4 is 10.6 Å². The van der Waals surface area contributed by atoms with Gasteiger partial charge >= 0.3 is 6.03 Å². The third-order valence-corrected chi connectivity index (χ3v) is 4.16. The van der Waals surface area contributed by atoms with Gasteiger partial charge in [0.15, 0.2) is 0 Å². The van der Waals surface area contributed by atoms with Crippen LogP contribution in [0.25, 0.3) is 0 Å². The second-order valence-corrected chi connectivity index (χ2v) is 6.71. The standard InChI is InChI=1S/C15H30N2O3/c1-12(2)6-9-14(3,19)10-16-13(18)17-11-15(20-4)7-5-8-15/h12,19H,5-11H2,1-4H3,(H2,16,17,18). The van der Waals surface area contributed by atoms with Crippen molar-refractivity contribution in [1.29, 1.82) is 0 Å². The van der Waals surface area contributed by atoms with Crippen molar-refractivity contribution in [2.75, 3.05) is 20.2 Å². The minimum atomic E-state index is -0.850. The Balaban J connectivity index is 2.21. The first kappa shape index (κ1) is 17.2. The predicted octanol–water partition coefficient (Wildman–Crippen LogP) is 2.04. The summed E-state index contributed by atoms with van der Waals surface area (Å²) in [5.74, 6) is 0.551. The van der Waals surface area contributed by atoms with E-state index < -0.39 is 5.60 Å². The van der Waals surface area contributed by atoms with E-state index >= 15 is 0 Å². The van der Waals surface area contributed by atoms with Gasteiger partial charge in [0.25, 0.3) is 0 Å². The van der Waals surface area contributed by atoms with Gasteiger partial charge in [-0.15, -0.1) is 0 Å². The monoisotopic (exact) mass is 286 g/mol. The Hall–Kier alpha value is -0.810. The molecule has 5 nitrogen and oxygen atoms in total. The molecule has 0 spiro atoms. The highest BCUT2D eigenvalue weighted by atomic mass is 16.5. The fourth-order valence-electron chi connectivity index (χ4n) is 2.29. The smallest absolute Gasteiger partial charge is 0.314 e. The van der Waals surface area contributed by atoms with Crippen LogP contribution in [0.5, 0.6) is 0 Å². The number of rotatable bonds is 8. The molecule has 0 radical (unpaired) electrons. The zero-order valence-corrected chi connectivity index (χ0v) is 13.3. The van der Waals surface area contributed by atoms with Crippen molar-refractivity contribution in [3.8, 4) is 0 Å². The molecule has 1 fully saturated rings. The van der Waals surface area contributed by atoms with Crippen molar-refractivity contribution >= 4 is 6.03 Å². The van der Waals surface area contributed by atoms with Gasteiger partial charge in [0.2, 0.25) is 0 Å². The Morgan fingerprint density at radius 2 is 2.05 bits per heavy atom. The van der Waals surface area contributed by atoms with Crippen LogP contribution >= 0.6 is 0 Å². The molecule has 0 aromatic heterocycles. The molecular formula is C15H30N2O3. The van der Waals surface area contributed by atoms with Crippen LogP contribution in [0.15, 0.2) is 0 Å². The van der Waals surface area contributed by atoms with E-state index in [4.69, 9.17) is 4.74 Å². The number of amides is 2. The minimum absolute atomic E-state index is 0.169. The van der Waals surface area contributed by atoms with Crippen LogP contribution in [-0.4, -0.2) is 42.5 Å². The first-order valence-electron chi connectivity index (χ1n) is 7.58. The fourth-order valence-corrected chi connectivity index (χ4v) is 2.29. The van der Waals surface area contributed by atoms with Crippen LogP contribution in [0.2, 0.25) is 0 Å². The largest absolute Gasteiger partial charge is 0.388 e. The van der Waals surface area contributed by atoms with E-state index in [2.05, 4.69) is 24.5 Å². The minimum Gasteiger partial charge on any atom is -0.388 e. The summed E-state index contributed by atoms with van der Waals surface area (Å²) in [6, 6.07) is -0.238. The summed E-state index contributed by atoms with van der Waals surface area (Å²) in [5.41, 5.74) is -1.02. The second kappa shape index (κ2) is 7.27. The highest BCUT2D eigenvalue weighted by Crippen LogP contribution is 2.34. The zero-order chi connectivity index (χ0) is 15.2. The van der Waals surface area contributed by atoms with Gasteiger partial charge < -0.3 is 20.5 Å². The van der Waals surface area contributed by atoms with Gasteiger partial charge in [-0.05, 0) is 44.9 Å². The molecule has 1 aliphatic rings. The molecule has 2 amide bonds. The summed E-state index contributed by atoms with van der Waals surface area (Å²) in [5, 5.41) is 15.7. The molecule has 0 saturated heterocycles. The molecule has 20 heavy (non-hydrogen) atoms. The SMILES string of the molecule is COC1(CNC(=O)NCC(C)(O)CCC(C)C)CCC1. The van der Waals surface area contributed by atoms with Crippen LogP contribution in [0.3, 0.4) is 0 Å². The van der Waals surface area contributed by atoms with Gasteiger partial charge in [-0.1, -0.05) is 13.8 Å². The lowest BCUT2D eigenvalue weighted by molar-refractivity contribution is -0.0674. The van der Waals surface area contributed by atoms with Crippen molar-refractivity contribution in [3.63, 3.8) is 0 Å². The molecule has 0 heterocycles. The highest BCUT2D eigenvalue weighted by molar-refractivity contribution is 5.74. The molecule has 1 atom stereocenters. The third kappa shape index (κ3) is 5.67. The van der Waals surface area contributed by atoms with Crippen molar-refractivity contribution in [2.24, 2.45) is 5.92 Å². The molecular weight excluding hydrogens is 256 g/mol. The van der Waals surface area contributed by atoms with E-state index in [-0.39, 0.29) is 18.2 Å². The summed E-state index contributed by atoms with van der Waals surface area (Å²) in [7, 11) is 1.69. The second-order valence-electron chi connectivity index (χ2n) is 6.71. The molecule has 1 saturated carbocycles. The Morgan fingerprint density at radius 1 is 1.40 bits per heavy atom. The lowest BCUT2D eigenvalue weighted by Crippen LogP contribution is -2.52. The normalized spacial score (nSPS) is 20.1. The maximum atomic E-state index is 11.7. The summed E-state index contributed by atoms with van der Waals surface area (Å²) in [6.07, 6.45) is 4.78. The summed E-state index contributed by atoms with van der Waals surface area (Å²) < 4.78 is 5.44. The number of urea groups is 1.